The number of hydrogen-bond donors (Lipinski definition) is 1. The zero-order valence-corrected chi connectivity index (χ0v) is 19.8. The Morgan fingerprint density at radius 2 is 1.41 bits per heavy atom. The number of nitro benzene ring substituents is 1. The molecule has 0 saturated carbocycles. The number of carbonyl (C=O) groups is 2. The van der Waals surface area contributed by atoms with Crippen molar-refractivity contribution in [3.8, 4) is 11.5 Å². The average Bonchev–Trinajstić information content (AvgIpc) is 2.92. The molecule has 186 valence electrons. The highest BCUT2D eigenvalue weighted by Crippen LogP contribution is 2.26. The molecular formula is C29H24N2O6. The summed E-state index contributed by atoms with van der Waals surface area (Å²) < 4.78 is 11.1. The molecule has 0 aliphatic rings. The average molecular weight is 497 g/mol. The number of nitro groups is 1. The number of hydrogen-bond acceptors (Lipinski definition) is 6. The highest BCUT2D eigenvalue weighted by molar-refractivity contribution is 5.89. The van der Waals surface area contributed by atoms with Crippen LogP contribution in [0, 0.1) is 10.1 Å². The Morgan fingerprint density at radius 3 is 2.00 bits per heavy atom. The Bertz CT molecular complexity index is 1320. The topological polar surface area (TPSA) is 108 Å². The lowest BCUT2D eigenvalue weighted by molar-refractivity contribution is -0.384. The molecule has 0 aromatic heterocycles. The molecule has 4 aromatic rings. The molecule has 1 amide bonds. The number of amides is 1. The van der Waals surface area contributed by atoms with Gasteiger partial charge in [0.2, 0.25) is 5.91 Å². The van der Waals surface area contributed by atoms with Crippen LogP contribution < -0.4 is 10.1 Å². The first-order chi connectivity index (χ1) is 18.0. The van der Waals surface area contributed by atoms with Crippen LogP contribution in [0.4, 0.5) is 5.69 Å². The fraction of sp³-hybridized carbons (Fsp3) is 0.103. The van der Waals surface area contributed by atoms with Crippen molar-refractivity contribution >= 4 is 17.6 Å². The number of benzene rings is 4. The van der Waals surface area contributed by atoms with Crippen molar-refractivity contribution in [1.82, 2.24) is 5.32 Å². The van der Waals surface area contributed by atoms with Gasteiger partial charge in [-0.05, 0) is 41.0 Å². The molecule has 4 rings (SSSR count). The van der Waals surface area contributed by atoms with Gasteiger partial charge >= 0.3 is 5.97 Å². The first-order valence-corrected chi connectivity index (χ1v) is 11.5. The third-order valence-corrected chi connectivity index (χ3v) is 5.52. The Hall–Kier alpha value is -4.98. The number of rotatable bonds is 10. The second-order valence-corrected chi connectivity index (χ2v) is 8.13. The summed E-state index contributed by atoms with van der Waals surface area (Å²) in [5.41, 5.74) is 2.30. The minimum atomic E-state index is -0.574. The maximum Gasteiger partial charge on any atom is 0.325 e. The van der Waals surface area contributed by atoms with Crippen LogP contribution in [0.15, 0.2) is 109 Å². The zero-order valence-electron chi connectivity index (χ0n) is 19.8. The molecule has 0 radical (unpaired) electrons. The van der Waals surface area contributed by atoms with E-state index in [1.165, 1.54) is 24.3 Å². The summed E-state index contributed by atoms with van der Waals surface area (Å²) in [6.45, 7) is -0.277. The van der Waals surface area contributed by atoms with Crippen LogP contribution in [0.1, 0.15) is 22.6 Å². The quantitative estimate of drug-likeness (QED) is 0.179. The summed E-state index contributed by atoms with van der Waals surface area (Å²) in [4.78, 5) is 35.7. The van der Waals surface area contributed by atoms with E-state index in [1.807, 2.05) is 60.7 Å². The second kappa shape index (κ2) is 12.1. The first kappa shape index (κ1) is 25.1. The monoisotopic (exact) mass is 496 g/mol. The van der Waals surface area contributed by atoms with E-state index in [0.717, 1.165) is 11.1 Å². The van der Waals surface area contributed by atoms with E-state index in [0.29, 0.717) is 17.1 Å². The van der Waals surface area contributed by atoms with E-state index >= 15 is 0 Å². The van der Waals surface area contributed by atoms with Gasteiger partial charge in [-0.25, -0.2) is 0 Å². The SMILES string of the molecule is O=C(CNC(=O)C(c1ccccc1)c1ccccc1)OCc1cccc(Oc2ccc([N+](=O)[O-])cc2)c1. The molecule has 0 bridgehead atoms. The van der Waals surface area contributed by atoms with E-state index in [-0.39, 0.29) is 24.7 Å². The van der Waals surface area contributed by atoms with Crippen LogP contribution in [0.5, 0.6) is 11.5 Å². The molecule has 0 aliphatic carbocycles. The first-order valence-electron chi connectivity index (χ1n) is 11.5. The molecule has 0 unspecified atom stereocenters. The summed E-state index contributed by atoms with van der Waals surface area (Å²) in [5, 5.41) is 13.5. The van der Waals surface area contributed by atoms with Crippen molar-refractivity contribution in [1.29, 1.82) is 0 Å². The molecular weight excluding hydrogens is 472 g/mol. The zero-order chi connectivity index (χ0) is 26.0. The fourth-order valence-electron chi connectivity index (χ4n) is 3.73. The number of non-ortho nitro benzene ring substituents is 1. The summed E-state index contributed by atoms with van der Waals surface area (Å²) >= 11 is 0. The molecule has 0 spiro atoms. The molecule has 0 heterocycles. The summed E-state index contributed by atoms with van der Waals surface area (Å²) in [5.74, 6) is -0.496. The van der Waals surface area contributed by atoms with Gasteiger partial charge in [-0.2, -0.15) is 0 Å². The predicted molar refractivity (Wildman–Crippen MR) is 137 cm³/mol. The van der Waals surface area contributed by atoms with Crippen molar-refractivity contribution in [2.75, 3.05) is 6.54 Å². The molecule has 0 atom stereocenters. The Kier molecular flexibility index (Phi) is 8.23. The smallest absolute Gasteiger partial charge is 0.325 e. The lowest BCUT2D eigenvalue weighted by Crippen LogP contribution is -2.34. The van der Waals surface area contributed by atoms with Gasteiger partial charge in [-0.1, -0.05) is 72.8 Å². The normalized spacial score (nSPS) is 10.5. The van der Waals surface area contributed by atoms with Gasteiger partial charge in [0.25, 0.3) is 5.69 Å². The Labute approximate surface area is 213 Å². The minimum Gasteiger partial charge on any atom is -0.460 e. The number of esters is 1. The highest BCUT2D eigenvalue weighted by Gasteiger charge is 2.23. The van der Waals surface area contributed by atoms with Gasteiger partial charge in [0, 0.05) is 12.1 Å². The second-order valence-electron chi connectivity index (χ2n) is 8.13. The molecule has 1 N–H and O–H groups in total. The van der Waals surface area contributed by atoms with Gasteiger partial charge in [0.05, 0.1) is 10.8 Å². The molecule has 8 nitrogen and oxygen atoms in total. The molecule has 0 saturated heterocycles. The minimum absolute atomic E-state index is 0.00698. The van der Waals surface area contributed by atoms with Crippen LogP contribution in [0.2, 0.25) is 0 Å². The number of nitrogens with zero attached hydrogens (tertiary/aromatic N) is 1. The highest BCUT2D eigenvalue weighted by atomic mass is 16.6. The van der Waals surface area contributed by atoms with Crippen molar-refractivity contribution < 1.29 is 24.0 Å². The van der Waals surface area contributed by atoms with Gasteiger partial charge in [0.15, 0.2) is 0 Å². The molecule has 4 aromatic carbocycles. The summed E-state index contributed by atoms with van der Waals surface area (Å²) in [7, 11) is 0. The number of carbonyl (C=O) groups excluding carboxylic acids is 2. The van der Waals surface area contributed by atoms with Crippen molar-refractivity contribution in [3.63, 3.8) is 0 Å². The van der Waals surface area contributed by atoms with Crippen molar-refractivity contribution in [2.24, 2.45) is 0 Å². The van der Waals surface area contributed by atoms with Crippen LogP contribution in [-0.2, 0) is 20.9 Å². The predicted octanol–water partition coefficient (Wildman–Crippen LogP) is 5.38. The Balaban J connectivity index is 1.32. The van der Waals surface area contributed by atoms with Crippen LogP contribution in [0.25, 0.3) is 0 Å². The molecule has 8 heteroatoms. The van der Waals surface area contributed by atoms with Gasteiger partial charge in [-0.3, -0.25) is 19.7 Å². The Morgan fingerprint density at radius 1 is 0.784 bits per heavy atom. The number of nitrogens with one attached hydrogen (secondary N) is 1. The fourth-order valence-corrected chi connectivity index (χ4v) is 3.73. The largest absolute Gasteiger partial charge is 0.460 e. The summed E-state index contributed by atoms with van der Waals surface area (Å²) in [6.07, 6.45) is 0. The third kappa shape index (κ3) is 7.02. The van der Waals surface area contributed by atoms with Crippen molar-refractivity contribution in [2.45, 2.75) is 12.5 Å². The molecule has 0 fully saturated rings. The van der Waals surface area contributed by atoms with E-state index in [9.17, 15) is 19.7 Å². The lowest BCUT2D eigenvalue weighted by Gasteiger charge is -2.17. The molecule has 37 heavy (non-hydrogen) atoms. The van der Waals surface area contributed by atoms with E-state index in [1.54, 1.807) is 24.3 Å². The molecule has 0 aliphatic heterocycles. The van der Waals surface area contributed by atoms with E-state index < -0.39 is 16.8 Å². The van der Waals surface area contributed by atoms with Gasteiger partial charge in [0.1, 0.15) is 24.7 Å². The maximum absolute atomic E-state index is 13.0. The summed E-state index contributed by atoms with van der Waals surface area (Å²) in [6, 6.07) is 31.4. The van der Waals surface area contributed by atoms with Gasteiger partial charge < -0.3 is 14.8 Å². The maximum atomic E-state index is 13.0. The lowest BCUT2D eigenvalue weighted by atomic mass is 9.90. The van der Waals surface area contributed by atoms with E-state index in [4.69, 9.17) is 9.47 Å². The van der Waals surface area contributed by atoms with Crippen LogP contribution in [-0.4, -0.2) is 23.3 Å². The number of ether oxygens (including phenoxy) is 2. The van der Waals surface area contributed by atoms with Crippen LogP contribution in [0.3, 0.4) is 0 Å². The van der Waals surface area contributed by atoms with Crippen molar-refractivity contribution in [3.05, 3.63) is 136 Å². The van der Waals surface area contributed by atoms with Crippen LogP contribution >= 0.6 is 0 Å². The standard InChI is InChI=1S/C29H24N2O6/c32-27(19-30-29(33)28(22-9-3-1-4-10-22)23-11-5-2-6-12-23)36-20-21-8-7-13-26(18-21)37-25-16-14-24(15-17-25)31(34)35/h1-18,28H,19-20H2,(H,30,33). The third-order valence-electron chi connectivity index (χ3n) is 5.52. The van der Waals surface area contributed by atoms with Gasteiger partial charge in [-0.15, -0.1) is 0 Å². The van der Waals surface area contributed by atoms with E-state index in [2.05, 4.69) is 5.32 Å².